The van der Waals surface area contributed by atoms with Gasteiger partial charge in [0.05, 0.1) is 5.52 Å². The molecule has 0 fully saturated rings. The number of para-hydroxylation sites is 1. The average Bonchev–Trinajstić information content (AvgIpc) is 2.75. The second-order valence-corrected chi connectivity index (χ2v) is 5.35. The molecule has 3 rings (SSSR count). The standard InChI is InChI=1S/C15H14BrN3/c1-10-15(16)19-14(17-10)9-8-12-7-6-11-4-2-3-5-13(11)18-12/h2-7H,8-9H2,1H3,(H,17,19). The smallest absolute Gasteiger partial charge is 0.127 e. The summed E-state index contributed by atoms with van der Waals surface area (Å²) < 4.78 is 0.897. The number of rotatable bonds is 3. The van der Waals surface area contributed by atoms with Gasteiger partial charge in [-0.15, -0.1) is 0 Å². The van der Waals surface area contributed by atoms with Crippen LogP contribution in [0.25, 0.3) is 10.9 Å². The number of hydrogen-bond acceptors (Lipinski definition) is 2. The lowest BCUT2D eigenvalue weighted by molar-refractivity contribution is 0.858. The zero-order valence-electron chi connectivity index (χ0n) is 10.7. The molecule has 1 N–H and O–H groups in total. The maximum absolute atomic E-state index is 4.67. The molecule has 0 aliphatic heterocycles. The summed E-state index contributed by atoms with van der Waals surface area (Å²) in [4.78, 5) is 12.4. The highest BCUT2D eigenvalue weighted by Crippen LogP contribution is 2.15. The molecule has 0 radical (unpaired) electrons. The summed E-state index contributed by atoms with van der Waals surface area (Å²) in [6.07, 6.45) is 1.77. The van der Waals surface area contributed by atoms with E-state index in [0.717, 1.165) is 40.2 Å². The van der Waals surface area contributed by atoms with Gasteiger partial charge in [-0.3, -0.25) is 4.98 Å². The fourth-order valence-electron chi connectivity index (χ4n) is 2.11. The van der Waals surface area contributed by atoms with Gasteiger partial charge in [0.1, 0.15) is 10.4 Å². The molecule has 0 bridgehead atoms. The summed E-state index contributed by atoms with van der Waals surface area (Å²) >= 11 is 3.42. The van der Waals surface area contributed by atoms with Crippen molar-refractivity contribution in [3.8, 4) is 0 Å². The molecule has 0 atom stereocenters. The lowest BCUT2D eigenvalue weighted by atomic mass is 10.1. The molecule has 0 aliphatic rings. The first kappa shape index (κ1) is 12.4. The largest absolute Gasteiger partial charge is 0.345 e. The topological polar surface area (TPSA) is 41.6 Å². The van der Waals surface area contributed by atoms with Crippen LogP contribution in [0.15, 0.2) is 41.0 Å². The lowest BCUT2D eigenvalue weighted by Gasteiger charge is -2.01. The number of halogens is 1. The van der Waals surface area contributed by atoms with E-state index in [4.69, 9.17) is 0 Å². The van der Waals surface area contributed by atoms with Gasteiger partial charge in [-0.25, -0.2) is 4.98 Å². The first-order valence-electron chi connectivity index (χ1n) is 6.28. The van der Waals surface area contributed by atoms with Crippen LogP contribution in [-0.2, 0) is 12.8 Å². The van der Waals surface area contributed by atoms with Gasteiger partial charge in [-0.1, -0.05) is 24.3 Å². The Morgan fingerprint density at radius 1 is 1.05 bits per heavy atom. The Hall–Kier alpha value is -1.68. The molecular formula is C15H14BrN3. The third-order valence-electron chi connectivity index (χ3n) is 3.15. The first-order valence-corrected chi connectivity index (χ1v) is 7.07. The Morgan fingerprint density at radius 3 is 2.68 bits per heavy atom. The quantitative estimate of drug-likeness (QED) is 0.798. The molecule has 0 saturated heterocycles. The van der Waals surface area contributed by atoms with Crippen molar-refractivity contribution in [1.82, 2.24) is 15.0 Å². The van der Waals surface area contributed by atoms with Crippen LogP contribution in [0.2, 0.25) is 0 Å². The van der Waals surface area contributed by atoms with Crippen molar-refractivity contribution in [2.24, 2.45) is 0 Å². The van der Waals surface area contributed by atoms with Crippen LogP contribution in [-0.4, -0.2) is 15.0 Å². The number of fused-ring (bicyclic) bond motifs is 1. The number of benzene rings is 1. The van der Waals surface area contributed by atoms with Crippen LogP contribution in [0.3, 0.4) is 0 Å². The molecule has 0 saturated carbocycles. The van der Waals surface area contributed by atoms with Gasteiger partial charge in [0.25, 0.3) is 0 Å². The Bertz CT molecular complexity index is 699. The van der Waals surface area contributed by atoms with E-state index < -0.39 is 0 Å². The van der Waals surface area contributed by atoms with Crippen molar-refractivity contribution in [1.29, 1.82) is 0 Å². The van der Waals surface area contributed by atoms with Gasteiger partial charge in [0.15, 0.2) is 0 Å². The number of aryl methyl sites for hydroxylation is 3. The normalized spacial score (nSPS) is 11.1. The molecule has 3 aromatic rings. The van der Waals surface area contributed by atoms with Gasteiger partial charge >= 0.3 is 0 Å². The number of pyridine rings is 1. The molecular weight excluding hydrogens is 302 g/mol. The Kier molecular flexibility index (Phi) is 3.34. The highest BCUT2D eigenvalue weighted by atomic mass is 79.9. The molecule has 1 aromatic carbocycles. The number of H-pyrrole nitrogens is 1. The fourth-order valence-corrected chi connectivity index (χ4v) is 2.42. The molecule has 3 nitrogen and oxygen atoms in total. The van der Waals surface area contributed by atoms with E-state index in [1.165, 1.54) is 5.39 Å². The van der Waals surface area contributed by atoms with E-state index in [9.17, 15) is 0 Å². The van der Waals surface area contributed by atoms with Gasteiger partial charge in [0, 0.05) is 23.2 Å². The number of nitrogens with one attached hydrogen (secondary N) is 1. The third-order valence-corrected chi connectivity index (χ3v) is 3.92. The van der Waals surface area contributed by atoms with Crippen LogP contribution in [0.4, 0.5) is 0 Å². The Labute approximate surface area is 120 Å². The van der Waals surface area contributed by atoms with Crippen molar-refractivity contribution < 1.29 is 0 Å². The van der Waals surface area contributed by atoms with E-state index in [-0.39, 0.29) is 0 Å². The van der Waals surface area contributed by atoms with Crippen LogP contribution in [0, 0.1) is 6.92 Å². The van der Waals surface area contributed by atoms with Gasteiger partial charge in [-0.2, -0.15) is 0 Å². The SMILES string of the molecule is Cc1[nH]c(CCc2ccc3ccccc3n2)nc1Br. The van der Waals surface area contributed by atoms with E-state index in [2.05, 4.69) is 49.1 Å². The van der Waals surface area contributed by atoms with E-state index in [0.29, 0.717) is 0 Å². The van der Waals surface area contributed by atoms with E-state index in [1.54, 1.807) is 0 Å². The highest BCUT2D eigenvalue weighted by molar-refractivity contribution is 9.10. The summed E-state index contributed by atoms with van der Waals surface area (Å²) in [6.45, 7) is 2.01. The predicted molar refractivity (Wildman–Crippen MR) is 80.2 cm³/mol. The summed E-state index contributed by atoms with van der Waals surface area (Å²) in [5.74, 6) is 0.999. The average molecular weight is 316 g/mol. The number of nitrogens with zero attached hydrogens (tertiary/aromatic N) is 2. The molecule has 4 heteroatoms. The minimum absolute atomic E-state index is 0.873. The Morgan fingerprint density at radius 2 is 1.89 bits per heavy atom. The second kappa shape index (κ2) is 5.13. The van der Waals surface area contributed by atoms with Crippen molar-refractivity contribution in [3.05, 3.63) is 58.2 Å². The van der Waals surface area contributed by atoms with Gasteiger partial charge < -0.3 is 4.98 Å². The van der Waals surface area contributed by atoms with Crippen molar-refractivity contribution in [2.45, 2.75) is 19.8 Å². The van der Waals surface area contributed by atoms with Gasteiger partial charge in [-0.05, 0) is 41.4 Å². The molecule has 0 spiro atoms. The second-order valence-electron chi connectivity index (χ2n) is 4.59. The van der Waals surface area contributed by atoms with Crippen molar-refractivity contribution in [3.63, 3.8) is 0 Å². The van der Waals surface area contributed by atoms with E-state index >= 15 is 0 Å². The van der Waals surface area contributed by atoms with Crippen LogP contribution in [0.5, 0.6) is 0 Å². The molecule has 2 heterocycles. The number of aromatic nitrogens is 3. The van der Waals surface area contributed by atoms with E-state index in [1.807, 2.05) is 25.1 Å². The first-order chi connectivity index (χ1) is 9.22. The highest BCUT2D eigenvalue weighted by Gasteiger charge is 2.05. The fraction of sp³-hybridized carbons (Fsp3) is 0.200. The zero-order chi connectivity index (χ0) is 13.2. The molecule has 96 valence electrons. The minimum Gasteiger partial charge on any atom is -0.345 e. The number of imidazole rings is 1. The third kappa shape index (κ3) is 2.68. The monoisotopic (exact) mass is 315 g/mol. The maximum Gasteiger partial charge on any atom is 0.127 e. The van der Waals surface area contributed by atoms with Crippen molar-refractivity contribution >= 4 is 26.8 Å². The predicted octanol–water partition coefficient (Wildman–Crippen LogP) is 3.81. The molecule has 2 aromatic heterocycles. The summed E-state index contributed by atoms with van der Waals surface area (Å²) in [5.41, 5.74) is 3.22. The van der Waals surface area contributed by atoms with Gasteiger partial charge in [0.2, 0.25) is 0 Å². The number of aromatic amines is 1. The minimum atomic E-state index is 0.873. The lowest BCUT2D eigenvalue weighted by Crippen LogP contribution is -1.96. The van der Waals surface area contributed by atoms with Crippen LogP contribution >= 0.6 is 15.9 Å². The van der Waals surface area contributed by atoms with Crippen LogP contribution < -0.4 is 0 Å². The maximum atomic E-state index is 4.67. The Balaban J connectivity index is 1.78. The molecule has 0 aliphatic carbocycles. The number of hydrogen-bond donors (Lipinski definition) is 1. The molecule has 0 unspecified atom stereocenters. The zero-order valence-corrected chi connectivity index (χ0v) is 12.2. The molecule has 19 heavy (non-hydrogen) atoms. The summed E-state index contributed by atoms with van der Waals surface area (Å²) in [7, 11) is 0. The summed E-state index contributed by atoms with van der Waals surface area (Å²) in [5, 5.41) is 1.18. The van der Waals surface area contributed by atoms with Crippen molar-refractivity contribution in [2.75, 3.05) is 0 Å². The van der Waals surface area contributed by atoms with Crippen LogP contribution in [0.1, 0.15) is 17.2 Å². The summed E-state index contributed by atoms with van der Waals surface area (Å²) in [6, 6.07) is 12.4. The molecule has 0 amide bonds.